The van der Waals surface area contributed by atoms with Crippen LogP contribution in [0, 0.1) is 5.92 Å². The standard InChI is InChI=1S/C27H26N4O/c1-19-13-15-31(16-14-19)26-12-11-25(29-30-26)22-7-4-8-24(18-22)28-27(32)23-10-9-20-5-2-3-6-21(20)17-23/h2-12,17-19H,13-16H2,1H3,(H,28,32). The molecule has 1 N–H and O–H groups in total. The number of benzene rings is 3. The Morgan fingerprint density at radius 3 is 2.47 bits per heavy atom. The lowest BCUT2D eigenvalue weighted by molar-refractivity contribution is 0.102. The third-order valence-electron chi connectivity index (χ3n) is 6.19. The topological polar surface area (TPSA) is 58.1 Å². The fourth-order valence-electron chi connectivity index (χ4n) is 4.18. The van der Waals surface area contributed by atoms with Gasteiger partial charge in [-0.3, -0.25) is 4.79 Å². The number of carbonyl (C=O) groups is 1. The fourth-order valence-corrected chi connectivity index (χ4v) is 4.18. The van der Waals surface area contributed by atoms with E-state index in [1.807, 2.05) is 78.9 Å². The third kappa shape index (κ3) is 4.33. The summed E-state index contributed by atoms with van der Waals surface area (Å²) in [5.74, 6) is 1.58. The van der Waals surface area contributed by atoms with Gasteiger partial charge in [-0.15, -0.1) is 10.2 Å². The van der Waals surface area contributed by atoms with Gasteiger partial charge in [-0.25, -0.2) is 0 Å². The van der Waals surface area contributed by atoms with Crippen molar-refractivity contribution < 1.29 is 4.79 Å². The van der Waals surface area contributed by atoms with Crippen LogP contribution in [-0.2, 0) is 0 Å². The van der Waals surface area contributed by atoms with Gasteiger partial charge >= 0.3 is 0 Å². The van der Waals surface area contributed by atoms with E-state index in [2.05, 4.69) is 27.3 Å². The molecule has 0 atom stereocenters. The van der Waals surface area contributed by atoms with E-state index in [0.29, 0.717) is 5.56 Å². The second kappa shape index (κ2) is 8.79. The van der Waals surface area contributed by atoms with Crippen LogP contribution in [0.4, 0.5) is 11.5 Å². The Balaban J connectivity index is 1.31. The first-order valence-electron chi connectivity index (χ1n) is 11.1. The molecule has 0 unspecified atom stereocenters. The number of hydrogen-bond donors (Lipinski definition) is 1. The Hall–Kier alpha value is -3.73. The zero-order valence-electron chi connectivity index (χ0n) is 18.2. The maximum Gasteiger partial charge on any atom is 0.255 e. The van der Waals surface area contributed by atoms with E-state index in [1.54, 1.807) is 0 Å². The quantitative estimate of drug-likeness (QED) is 0.453. The van der Waals surface area contributed by atoms with E-state index in [1.165, 1.54) is 12.8 Å². The molecule has 1 aliphatic rings. The molecule has 0 bridgehead atoms. The van der Waals surface area contributed by atoms with Gasteiger partial charge < -0.3 is 10.2 Å². The van der Waals surface area contributed by atoms with Gasteiger partial charge in [0.2, 0.25) is 0 Å². The first-order valence-corrected chi connectivity index (χ1v) is 11.1. The lowest BCUT2D eigenvalue weighted by atomic mass is 9.99. The Bertz CT molecular complexity index is 1240. The second-order valence-corrected chi connectivity index (χ2v) is 8.54. The van der Waals surface area contributed by atoms with Gasteiger partial charge in [-0.05, 0) is 65.9 Å². The first-order chi connectivity index (χ1) is 15.7. The predicted molar refractivity (Wildman–Crippen MR) is 130 cm³/mol. The van der Waals surface area contributed by atoms with Crippen LogP contribution in [0.15, 0.2) is 78.9 Å². The molecule has 0 radical (unpaired) electrons. The lowest BCUT2D eigenvalue weighted by Crippen LogP contribution is -2.33. The summed E-state index contributed by atoms with van der Waals surface area (Å²) >= 11 is 0. The molecule has 0 spiro atoms. The molecule has 1 fully saturated rings. The van der Waals surface area contributed by atoms with Crippen LogP contribution >= 0.6 is 0 Å². The smallest absolute Gasteiger partial charge is 0.255 e. The second-order valence-electron chi connectivity index (χ2n) is 8.54. The molecule has 3 aromatic carbocycles. The van der Waals surface area contributed by atoms with Crippen molar-refractivity contribution in [2.24, 2.45) is 5.92 Å². The monoisotopic (exact) mass is 422 g/mol. The van der Waals surface area contributed by atoms with Crippen molar-refractivity contribution in [2.45, 2.75) is 19.8 Å². The minimum atomic E-state index is -0.131. The van der Waals surface area contributed by atoms with Crippen LogP contribution in [0.3, 0.4) is 0 Å². The number of hydrogen-bond acceptors (Lipinski definition) is 4. The molecule has 5 heteroatoms. The number of nitrogens with zero attached hydrogens (tertiary/aromatic N) is 3. The van der Waals surface area contributed by atoms with Crippen molar-refractivity contribution in [3.63, 3.8) is 0 Å². The van der Waals surface area contributed by atoms with Gasteiger partial charge in [0.25, 0.3) is 5.91 Å². The molecular formula is C27H26N4O. The summed E-state index contributed by atoms with van der Waals surface area (Å²) in [6, 6.07) is 25.5. The Morgan fingerprint density at radius 1 is 0.875 bits per heavy atom. The summed E-state index contributed by atoms with van der Waals surface area (Å²) in [6.45, 7) is 4.37. The molecule has 1 aliphatic heterocycles. The molecule has 0 saturated carbocycles. The number of anilines is 2. The minimum absolute atomic E-state index is 0.131. The van der Waals surface area contributed by atoms with Gasteiger partial charge in [0.15, 0.2) is 5.82 Å². The third-order valence-corrected chi connectivity index (χ3v) is 6.19. The fraction of sp³-hybridized carbons (Fsp3) is 0.222. The number of rotatable bonds is 4. The van der Waals surface area contributed by atoms with Crippen molar-refractivity contribution >= 4 is 28.2 Å². The van der Waals surface area contributed by atoms with Gasteiger partial charge in [0.1, 0.15) is 0 Å². The molecule has 0 aliphatic carbocycles. The summed E-state index contributed by atoms with van der Waals surface area (Å²) in [5, 5.41) is 14.1. The highest BCUT2D eigenvalue weighted by molar-refractivity contribution is 6.06. The van der Waals surface area contributed by atoms with E-state index in [4.69, 9.17) is 0 Å². The molecule has 1 amide bonds. The maximum atomic E-state index is 12.8. The van der Waals surface area contributed by atoms with Crippen molar-refractivity contribution in [1.82, 2.24) is 10.2 Å². The number of piperidine rings is 1. The van der Waals surface area contributed by atoms with Crippen LogP contribution in [0.1, 0.15) is 30.1 Å². The van der Waals surface area contributed by atoms with Gasteiger partial charge in [-0.1, -0.05) is 49.4 Å². The van der Waals surface area contributed by atoms with Crippen LogP contribution in [0.25, 0.3) is 22.0 Å². The number of carbonyl (C=O) groups excluding carboxylic acids is 1. The molecule has 160 valence electrons. The van der Waals surface area contributed by atoms with Gasteiger partial charge in [0, 0.05) is 29.9 Å². The van der Waals surface area contributed by atoms with E-state index in [0.717, 1.165) is 52.5 Å². The molecule has 1 aromatic heterocycles. The average molecular weight is 423 g/mol. The van der Waals surface area contributed by atoms with Crippen molar-refractivity contribution in [3.8, 4) is 11.3 Å². The molecule has 1 saturated heterocycles. The van der Waals surface area contributed by atoms with Crippen LogP contribution in [0.5, 0.6) is 0 Å². The molecular weight excluding hydrogens is 396 g/mol. The summed E-state index contributed by atoms with van der Waals surface area (Å²) in [6.07, 6.45) is 2.39. The van der Waals surface area contributed by atoms with E-state index in [9.17, 15) is 4.79 Å². The molecule has 5 rings (SSSR count). The first kappa shape index (κ1) is 20.2. The van der Waals surface area contributed by atoms with Crippen LogP contribution in [-0.4, -0.2) is 29.2 Å². The molecule has 32 heavy (non-hydrogen) atoms. The number of amides is 1. The Kier molecular flexibility index (Phi) is 5.55. The molecule has 4 aromatic rings. The zero-order valence-corrected chi connectivity index (χ0v) is 18.2. The summed E-state index contributed by atoms with van der Waals surface area (Å²) in [7, 11) is 0. The lowest BCUT2D eigenvalue weighted by Gasteiger charge is -2.30. The van der Waals surface area contributed by atoms with Gasteiger partial charge in [-0.2, -0.15) is 0 Å². The van der Waals surface area contributed by atoms with E-state index < -0.39 is 0 Å². The zero-order chi connectivity index (χ0) is 21.9. The normalized spacial score (nSPS) is 14.5. The summed E-state index contributed by atoms with van der Waals surface area (Å²) in [4.78, 5) is 15.1. The highest BCUT2D eigenvalue weighted by Gasteiger charge is 2.17. The number of aromatic nitrogens is 2. The van der Waals surface area contributed by atoms with Crippen molar-refractivity contribution in [3.05, 3.63) is 84.4 Å². The highest BCUT2D eigenvalue weighted by atomic mass is 16.1. The SMILES string of the molecule is CC1CCN(c2ccc(-c3cccc(NC(=O)c4ccc5ccccc5c4)c3)nn2)CC1. The van der Waals surface area contributed by atoms with Crippen LogP contribution in [0.2, 0.25) is 0 Å². The number of nitrogens with one attached hydrogen (secondary N) is 1. The van der Waals surface area contributed by atoms with Crippen LogP contribution < -0.4 is 10.2 Å². The largest absolute Gasteiger partial charge is 0.355 e. The van der Waals surface area contributed by atoms with Crippen molar-refractivity contribution in [2.75, 3.05) is 23.3 Å². The molecule has 2 heterocycles. The minimum Gasteiger partial charge on any atom is -0.355 e. The summed E-state index contributed by atoms with van der Waals surface area (Å²) < 4.78 is 0. The summed E-state index contributed by atoms with van der Waals surface area (Å²) in [5.41, 5.74) is 3.08. The maximum absolute atomic E-state index is 12.8. The highest BCUT2D eigenvalue weighted by Crippen LogP contribution is 2.25. The van der Waals surface area contributed by atoms with Crippen molar-refractivity contribution in [1.29, 1.82) is 0 Å². The average Bonchev–Trinajstić information content (AvgIpc) is 2.84. The molecule has 5 nitrogen and oxygen atoms in total. The predicted octanol–water partition coefficient (Wildman–Crippen LogP) is 5.79. The van der Waals surface area contributed by atoms with E-state index in [-0.39, 0.29) is 5.91 Å². The van der Waals surface area contributed by atoms with E-state index >= 15 is 0 Å². The number of fused-ring (bicyclic) bond motifs is 1. The Morgan fingerprint density at radius 2 is 1.69 bits per heavy atom. The Labute approximate surface area is 188 Å². The van der Waals surface area contributed by atoms with Gasteiger partial charge in [0.05, 0.1) is 5.69 Å².